The molecule has 0 bridgehead atoms. The lowest BCUT2D eigenvalue weighted by Gasteiger charge is -2.34. The Morgan fingerprint density at radius 2 is 1.51 bits per heavy atom. The Bertz CT molecular complexity index is 1220. The molecule has 1 atom stereocenters. The van der Waals surface area contributed by atoms with Crippen molar-refractivity contribution in [1.82, 2.24) is 10.2 Å². The van der Waals surface area contributed by atoms with E-state index in [0.717, 1.165) is 29.2 Å². The summed E-state index contributed by atoms with van der Waals surface area (Å²) in [7, 11) is -4.51. The number of aliphatic hydroxyl groups is 2. The molecule has 0 spiro atoms. The van der Waals surface area contributed by atoms with Crippen molar-refractivity contribution in [3.05, 3.63) is 65.5 Å². The second kappa shape index (κ2) is 9.76. The van der Waals surface area contributed by atoms with Crippen LogP contribution >= 0.6 is 0 Å². The molecular weight excluding hydrogens is 537 g/mol. The van der Waals surface area contributed by atoms with E-state index in [-0.39, 0.29) is 25.1 Å². The lowest BCUT2D eigenvalue weighted by Crippen LogP contribution is -2.54. The highest BCUT2D eigenvalue weighted by Crippen LogP contribution is 2.51. The van der Waals surface area contributed by atoms with Crippen LogP contribution in [0.3, 0.4) is 0 Å². The molecule has 0 aliphatic carbocycles. The number of alkyl halides is 6. The third-order valence-corrected chi connectivity index (χ3v) is 8.69. The van der Waals surface area contributed by atoms with Crippen LogP contribution in [0.4, 0.5) is 35.5 Å². The first kappa shape index (κ1) is 28.7. The van der Waals surface area contributed by atoms with E-state index in [4.69, 9.17) is 5.11 Å². The molecular formula is C22H21F7N2O5S. The Hall–Kier alpha value is -2.91. The molecule has 2 aromatic carbocycles. The number of hydrogen-bond donors (Lipinski definition) is 3. The van der Waals surface area contributed by atoms with E-state index in [0.29, 0.717) is 24.3 Å². The van der Waals surface area contributed by atoms with Gasteiger partial charge in [0.25, 0.3) is 5.60 Å². The number of amides is 2. The third kappa shape index (κ3) is 4.86. The normalized spacial score (nSPS) is 19.2. The Morgan fingerprint density at radius 3 is 2.00 bits per heavy atom. The van der Waals surface area contributed by atoms with E-state index in [1.807, 2.05) is 0 Å². The Morgan fingerprint density at radius 1 is 0.973 bits per heavy atom. The van der Waals surface area contributed by atoms with E-state index < -0.39 is 68.0 Å². The molecule has 0 unspecified atom stereocenters. The molecule has 37 heavy (non-hydrogen) atoms. The number of rotatable bonds is 6. The van der Waals surface area contributed by atoms with Crippen molar-refractivity contribution in [3.63, 3.8) is 0 Å². The van der Waals surface area contributed by atoms with Gasteiger partial charge in [0.05, 0.1) is 11.5 Å². The maximum Gasteiger partial charge on any atom is 0.430 e. The van der Waals surface area contributed by atoms with Gasteiger partial charge in [-0.1, -0.05) is 24.3 Å². The predicted molar refractivity (Wildman–Crippen MR) is 114 cm³/mol. The lowest BCUT2D eigenvalue weighted by molar-refractivity contribution is -0.376. The van der Waals surface area contributed by atoms with Crippen LogP contribution in [0.1, 0.15) is 17.5 Å². The Balaban J connectivity index is 2.14. The first-order valence-electron chi connectivity index (χ1n) is 10.6. The van der Waals surface area contributed by atoms with E-state index in [9.17, 15) is 49.1 Å². The minimum Gasteiger partial charge on any atom is -0.395 e. The van der Waals surface area contributed by atoms with Crippen molar-refractivity contribution >= 4 is 15.9 Å². The van der Waals surface area contributed by atoms with Crippen LogP contribution in [0.25, 0.3) is 0 Å². The molecule has 1 heterocycles. The fourth-order valence-electron chi connectivity index (χ4n) is 4.18. The summed E-state index contributed by atoms with van der Waals surface area (Å²) in [5.74, 6) is -0.757. The van der Waals surface area contributed by atoms with Crippen LogP contribution in [0.5, 0.6) is 0 Å². The first-order valence-corrected chi connectivity index (χ1v) is 12.1. The Kier molecular flexibility index (Phi) is 7.56. The summed E-state index contributed by atoms with van der Waals surface area (Å²) in [5.41, 5.74) is -7.04. The van der Waals surface area contributed by atoms with Crippen LogP contribution in [0, 0.1) is 5.82 Å². The van der Waals surface area contributed by atoms with E-state index in [1.54, 1.807) is 0 Å². The van der Waals surface area contributed by atoms with Crippen LogP contribution in [0.2, 0.25) is 0 Å². The van der Waals surface area contributed by atoms with Crippen LogP contribution < -0.4 is 5.32 Å². The average molecular weight is 558 g/mol. The Labute approximate surface area is 206 Å². The zero-order valence-corrected chi connectivity index (χ0v) is 19.6. The summed E-state index contributed by atoms with van der Waals surface area (Å²) < 4.78 is 119. The van der Waals surface area contributed by atoms with Crippen LogP contribution in [-0.4, -0.2) is 68.2 Å². The van der Waals surface area contributed by atoms with E-state index in [2.05, 4.69) is 5.32 Å². The molecule has 0 aromatic heterocycles. The van der Waals surface area contributed by atoms with Gasteiger partial charge in [0.15, 0.2) is 9.84 Å². The molecule has 2 aromatic rings. The van der Waals surface area contributed by atoms with E-state index >= 15 is 0 Å². The van der Waals surface area contributed by atoms with Crippen molar-refractivity contribution in [2.75, 3.05) is 26.2 Å². The van der Waals surface area contributed by atoms with Crippen molar-refractivity contribution in [2.24, 2.45) is 0 Å². The molecule has 1 saturated heterocycles. The predicted octanol–water partition coefficient (Wildman–Crippen LogP) is 3.21. The molecule has 1 aliphatic heterocycles. The molecule has 204 valence electrons. The number of nitrogens with zero attached hydrogens (tertiary/aromatic N) is 1. The molecule has 1 aliphatic rings. The number of sulfone groups is 1. The van der Waals surface area contributed by atoms with Gasteiger partial charge in [-0.3, -0.25) is 0 Å². The summed E-state index contributed by atoms with van der Waals surface area (Å²) in [5, 5.41) is 20.9. The minimum absolute atomic E-state index is 0.158. The number of nitrogens with one attached hydrogen (secondary N) is 1. The fraction of sp³-hybridized carbons (Fsp3) is 0.409. The molecule has 2 amide bonds. The van der Waals surface area contributed by atoms with Gasteiger partial charge in [-0.15, -0.1) is 0 Å². The maximum atomic E-state index is 13.7. The number of halogens is 7. The van der Waals surface area contributed by atoms with Gasteiger partial charge in [-0.05, 0) is 36.2 Å². The largest absolute Gasteiger partial charge is 0.430 e. The lowest BCUT2D eigenvalue weighted by atomic mass is 9.89. The standard InChI is InChI=1S/C22H21F7N2O5S/c23-16-5-7-17(8-6-16)37(35,36)19(9-11-31(13-19)18(33)30-10-12-32)14-1-3-15(4-2-14)20(34,21(24,25)26)22(27,28)29/h1-8,32,34H,9-13H2,(H,30,33)/t19-/m0/s1. The number of hydrogen-bond acceptors (Lipinski definition) is 5. The second-order valence-corrected chi connectivity index (χ2v) is 10.6. The topological polar surface area (TPSA) is 107 Å². The van der Waals surface area contributed by atoms with Gasteiger partial charge < -0.3 is 20.4 Å². The second-order valence-electron chi connectivity index (χ2n) is 8.36. The summed E-state index contributed by atoms with van der Waals surface area (Å²) in [6.07, 6.45) is -12.6. The quantitative estimate of drug-likeness (QED) is 0.373. The average Bonchev–Trinajstić information content (AvgIpc) is 3.28. The van der Waals surface area contributed by atoms with Gasteiger partial charge >= 0.3 is 18.4 Å². The van der Waals surface area contributed by atoms with Crippen LogP contribution in [-0.2, 0) is 20.2 Å². The summed E-state index contributed by atoms with van der Waals surface area (Å²) in [6, 6.07) is 4.93. The monoisotopic (exact) mass is 558 g/mol. The van der Waals surface area contributed by atoms with Gasteiger partial charge in [-0.25, -0.2) is 17.6 Å². The summed E-state index contributed by atoms with van der Waals surface area (Å²) in [4.78, 5) is 13.1. The zero-order chi connectivity index (χ0) is 27.9. The SMILES string of the molecule is O=C(NCCO)N1CC[C@](c2ccc(C(O)(C(F)(F)F)C(F)(F)F)cc2)(S(=O)(=O)c2ccc(F)cc2)C1. The van der Waals surface area contributed by atoms with Crippen molar-refractivity contribution in [1.29, 1.82) is 0 Å². The van der Waals surface area contributed by atoms with Gasteiger partial charge in [-0.2, -0.15) is 26.3 Å². The molecule has 15 heteroatoms. The summed E-state index contributed by atoms with van der Waals surface area (Å²) in [6.45, 7) is -1.29. The number of carbonyl (C=O) groups excluding carboxylic acids is 1. The highest BCUT2D eigenvalue weighted by Gasteiger charge is 2.71. The van der Waals surface area contributed by atoms with Crippen molar-refractivity contribution < 1.29 is 54.2 Å². The fourth-order valence-corrected chi connectivity index (χ4v) is 6.26. The summed E-state index contributed by atoms with van der Waals surface area (Å²) >= 11 is 0. The number of aliphatic hydroxyl groups excluding tert-OH is 1. The molecule has 0 saturated carbocycles. The molecule has 1 fully saturated rings. The van der Waals surface area contributed by atoms with Crippen LogP contribution in [0.15, 0.2) is 53.4 Å². The smallest absolute Gasteiger partial charge is 0.395 e. The maximum absolute atomic E-state index is 13.7. The van der Waals surface area contributed by atoms with Crippen molar-refractivity contribution in [2.45, 2.75) is 34.0 Å². The zero-order valence-electron chi connectivity index (χ0n) is 18.8. The highest BCUT2D eigenvalue weighted by atomic mass is 32.2. The third-order valence-electron chi connectivity index (χ3n) is 6.19. The molecule has 7 nitrogen and oxygen atoms in total. The molecule has 0 radical (unpaired) electrons. The van der Waals surface area contributed by atoms with Gasteiger partial charge in [0.2, 0.25) is 0 Å². The minimum atomic E-state index is -6.14. The number of urea groups is 1. The van der Waals surface area contributed by atoms with E-state index in [1.165, 1.54) is 0 Å². The highest BCUT2D eigenvalue weighted by molar-refractivity contribution is 7.92. The molecule has 3 N–H and O–H groups in total. The number of likely N-dealkylation sites (tertiary alicyclic amines) is 1. The van der Waals surface area contributed by atoms with Crippen molar-refractivity contribution in [3.8, 4) is 0 Å². The molecule has 3 rings (SSSR count). The first-order chi connectivity index (χ1) is 17.0. The van der Waals surface area contributed by atoms with Gasteiger partial charge in [0, 0.05) is 25.2 Å². The number of carbonyl (C=O) groups is 1. The number of benzene rings is 2. The van der Waals surface area contributed by atoms with Gasteiger partial charge in [0.1, 0.15) is 10.6 Å².